The van der Waals surface area contributed by atoms with Gasteiger partial charge in [-0.2, -0.15) is 0 Å². The number of anilines is 2. The molecule has 0 radical (unpaired) electrons. The van der Waals surface area contributed by atoms with Crippen LogP contribution in [0.1, 0.15) is 23.7 Å². The van der Waals surface area contributed by atoms with E-state index in [1.165, 1.54) is 12.6 Å². The Bertz CT molecular complexity index is 996. The number of carbonyl (C=O) groups excluding carboxylic acids is 3. The van der Waals surface area contributed by atoms with E-state index in [0.717, 1.165) is 13.1 Å². The lowest BCUT2D eigenvalue weighted by Crippen LogP contribution is -2.56. The van der Waals surface area contributed by atoms with Crippen LogP contribution in [-0.2, 0) is 9.59 Å². The monoisotopic (exact) mass is 419 g/mol. The summed E-state index contributed by atoms with van der Waals surface area (Å²) in [7, 11) is 0. The summed E-state index contributed by atoms with van der Waals surface area (Å²) >= 11 is 0. The second-order valence-corrected chi connectivity index (χ2v) is 7.65. The smallest absolute Gasteiger partial charge is 0.249 e. The van der Waals surface area contributed by atoms with E-state index in [1.54, 1.807) is 24.3 Å². The van der Waals surface area contributed by atoms with Gasteiger partial charge in [0, 0.05) is 43.1 Å². The molecule has 2 aromatic carbocycles. The van der Waals surface area contributed by atoms with Crippen molar-refractivity contribution in [2.75, 3.05) is 36.4 Å². The standard InChI is InChI=1S/C23H25N5O3/c1-16(29)17-7-9-18(10-8-17)24-22(31)20-15-21(30)26-23(25-20)28-13-11-27(12-14-28)19-5-3-2-4-6-19/h2-10,20H,11-15H2,1H3,(H,24,31)(H,25,26,30)/t20-/m1/s1. The summed E-state index contributed by atoms with van der Waals surface area (Å²) < 4.78 is 0. The SMILES string of the molecule is CC(=O)c1ccc(NC(=O)[C@H]2CC(=O)NC(N3CCN(c4ccccc4)CC3)=N2)cc1. The molecular weight excluding hydrogens is 394 g/mol. The lowest BCUT2D eigenvalue weighted by molar-refractivity contribution is -0.125. The third-order valence-electron chi connectivity index (χ3n) is 5.47. The fourth-order valence-electron chi connectivity index (χ4n) is 3.72. The van der Waals surface area contributed by atoms with Gasteiger partial charge in [0.05, 0.1) is 6.42 Å². The highest BCUT2D eigenvalue weighted by molar-refractivity contribution is 6.06. The van der Waals surface area contributed by atoms with Crippen LogP contribution >= 0.6 is 0 Å². The van der Waals surface area contributed by atoms with Gasteiger partial charge in [-0.1, -0.05) is 18.2 Å². The van der Waals surface area contributed by atoms with Crippen LogP contribution in [0.4, 0.5) is 11.4 Å². The molecule has 8 heteroatoms. The van der Waals surface area contributed by atoms with E-state index in [9.17, 15) is 14.4 Å². The van der Waals surface area contributed by atoms with Gasteiger partial charge in [0.25, 0.3) is 0 Å². The molecule has 2 aliphatic rings. The zero-order chi connectivity index (χ0) is 21.8. The number of para-hydroxylation sites is 1. The van der Waals surface area contributed by atoms with Crippen LogP contribution in [0.2, 0.25) is 0 Å². The molecule has 160 valence electrons. The summed E-state index contributed by atoms with van der Waals surface area (Å²) in [5.41, 5.74) is 2.31. The minimum Gasteiger partial charge on any atom is -0.368 e. The predicted molar refractivity (Wildman–Crippen MR) is 119 cm³/mol. The molecule has 2 amide bonds. The van der Waals surface area contributed by atoms with Crippen LogP contribution in [0, 0.1) is 0 Å². The number of ketones is 1. The van der Waals surface area contributed by atoms with Gasteiger partial charge in [-0.05, 0) is 43.3 Å². The van der Waals surface area contributed by atoms with Crippen LogP contribution in [0.15, 0.2) is 59.6 Å². The summed E-state index contributed by atoms with van der Waals surface area (Å²) in [6, 6.07) is 16.1. The number of rotatable bonds is 4. The number of nitrogens with one attached hydrogen (secondary N) is 2. The molecular formula is C23H25N5O3. The minimum atomic E-state index is -0.789. The van der Waals surface area contributed by atoms with E-state index >= 15 is 0 Å². The number of nitrogens with zero attached hydrogens (tertiary/aromatic N) is 3. The first-order valence-corrected chi connectivity index (χ1v) is 10.3. The van der Waals surface area contributed by atoms with E-state index < -0.39 is 6.04 Å². The Morgan fingerprint density at radius 1 is 0.968 bits per heavy atom. The molecule has 2 N–H and O–H groups in total. The van der Waals surface area contributed by atoms with E-state index in [-0.39, 0.29) is 24.0 Å². The van der Waals surface area contributed by atoms with Crippen molar-refractivity contribution < 1.29 is 14.4 Å². The topological polar surface area (TPSA) is 94.1 Å². The number of guanidine groups is 1. The molecule has 0 aromatic heterocycles. The summed E-state index contributed by atoms with van der Waals surface area (Å²) in [6.07, 6.45) is 0.00480. The number of hydrogen-bond donors (Lipinski definition) is 2. The van der Waals surface area contributed by atoms with Gasteiger partial charge in [-0.25, -0.2) is 4.99 Å². The maximum absolute atomic E-state index is 12.7. The number of piperazine rings is 1. The molecule has 0 saturated carbocycles. The number of hydrogen-bond acceptors (Lipinski definition) is 6. The van der Waals surface area contributed by atoms with E-state index in [2.05, 4.69) is 32.7 Å². The Balaban J connectivity index is 1.40. The normalized spacial score (nSPS) is 18.8. The average molecular weight is 419 g/mol. The van der Waals surface area contributed by atoms with Crippen molar-refractivity contribution in [2.24, 2.45) is 4.99 Å². The Hall–Kier alpha value is -3.68. The van der Waals surface area contributed by atoms with Gasteiger partial charge in [-0.3, -0.25) is 19.7 Å². The quantitative estimate of drug-likeness (QED) is 0.739. The molecule has 2 aromatic rings. The highest BCUT2D eigenvalue weighted by Crippen LogP contribution is 2.17. The summed E-state index contributed by atoms with van der Waals surface area (Å²) in [6.45, 7) is 4.50. The van der Waals surface area contributed by atoms with Crippen molar-refractivity contribution in [1.82, 2.24) is 10.2 Å². The summed E-state index contributed by atoms with van der Waals surface area (Å²) in [5.74, 6) is -0.145. The minimum absolute atomic E-state index is 0.00480. The Morgan fingerprint density at radius 2 is 1.61 bits per heavy atom. The van der Waals surface area contributed by atoms with Gasteiger partial charge < -0.3 is 15.1 Å². The lowest BCUT2D eigenvalue weighted by Gasteiger charge is -2.38. The first kappa shape index (κ1) is 20.6. The molecule has 1 atom stereocenters. The van der Waals surface area contributed by atoms with Gasteiger partial charge in [0.15, 0.2) is 5.78 Å². The fourth-order valence-corrected chi connectivity index (χ4v) is 3.72. The molecule has 0 spiro atoms. The Morgan fingerprint density at radius 3 is 2.26 bits per heavy atom. The van der Waals surface area contributed by atoms with Gasteiger partial charge in [0.1, 0.15) is 6.04 Å². The Labute approximate surface area is 180 Å². The number of amides is 2. The number of aliphatic imine (C=N–C) groups is 1. The third kappa shape index (κ3) is 4.91. The van der Waals surface area contributed by atoms with E-state index in [4.69, 9.17) is 0 Å². The van der Waals surface area contributed by atoms with Crippen molar-refractivity contribution in [3.05, 3.63) is 60.2 Å². The third-order valence-corrected chi connectivity index (χ3v) is 5.47. The molecule has 31 heavy (non-hydrogen) atoms. The van der Waals surface area contributed by atoms with Crippen molar-refractivity contribution in [2.45, 2.75) is 19.4 Å². The molecule has 4 rings (SSSR count). The molecule has 0 bridgehead atoms. The number of carbonyl (C=O) groups is 3. The summed E-state index contributed by atoms with van der Waals surface area (Å²) in [4.78, 5) is 45.2. The van der Waals surface area contributed by atoms with Crippen LogP contribution in [0.25, 0.3) is 0 Å². The fraction of sp³-hybridized carbons (Fsp3) is 0.304. The van der Waals surface area contributed by atoms with Gasteiger partial charge in [0.2, 0.25) is 17.8 Å². The second-order valence-electron chi connectivity index (χ2n) is 7.65. The zero-order valence-electron chi connectivity index (χ0n) is 17.4. The molecule has 1 saturated heterocycles. The molecule has 2 aliphatic heterocycles. The zero-order valence-corrected chi connectivity index (χ0v) is 17.4. The maximum Gasteiger partial charge on any atom is 0.249 e. The first-order valence-electron chi connectivity index (χ1n) is 10.3. The van der Waals surface area contributed by atoms with Crippen LogP contribution < -0.4 is 15.5 Å². The highest BCUT2D eigenvalue weighted by atomic mass is 16.2. The summed E-state index contributed by atoms with van der Waals surface area (Å²) in [5, 5.41) is 5.60. The second kappa shape index (κ2) is 8.99. The highest BCUT2D eigenvalue weighted by Gasteiger charge is 2.30. The predicted octanol–water partition coefficient (Wildman–Crippen LogP) is 1.89. The van der Waals surface area contributed by atoms with Crippen molar-refractivity contribution in [1.29, 1.82) is 0 Å². The average Bonchev–Trinajstić information content (AvgIpc) is 2.79. The largest absolute Gasteiger partial charge is 0.368 e. The molecule has 1 fully saturated rings. The van der Waals surface area contributed by atoms with Crippen LogP contribution in [0.3, 0.4) is 0 Å². The molecule has 0 aliphatic carbocycles. The lowest BCUT2D eigenvalue weighted by atomic mass is 10.1. The number of Topliss-reactive ketones (excluding diaryl/α,β-unsaturated/α-hetero) is 1. The van der Waals surface area contributed by atoms with Crippen molar-refractivity contribution in [3.63, 3.8) is 0 Å². The molecule has 8 nitrogen and oxygen atoms in total. The molecule has 0 unspecified atom stereocenters. The van der Waals surface area contributed by atoms with Gasteiger partial charge in [-0.15, -0.1) is 0 Å². The Kier molecular flexibility index (Phi) is 5.97. The van der Waals surface area contributed by atoms with Crippen LogP contribution in [-0.4, -0.2) is 60.7 Å². The van der Waals surface area contributed by atoms with E-state index in [0.29, 0.717) is 30.3 Å². The molecule has 2 heterocycles. The maximum atomic E-state index is 12.7. The van der Waals surface area contributed by atoms with Crippen LogP contribution in [0.5, 0.6) is 0 Å². The van der Waals surface area contributed by atoms with E-state index in [1.807, 2.05) is 23.1 Å². The number of benzene rings is 2. The van der Waals surface area contributed by atoms with Crippen molar-refractivity contribution >= 4 is 34.9 Å². The van der Waals surface area contributed by atoms with Crippen molar-refractivity contribution in [3.8, 4) is 0 Å². The first-order chi connectivity index (χ1) is 15.0. The van der Waals surface area contributed by atoms with Gasteiger partial charge >= 0.3 is 0 Å².